The molecule has 2 atom stereocenters. The van der Waals surface area contributed by atoms with Crippen molar-refractivity contribution in [3.63, 3.8) is 0 Å². The van der Waals surface area contributed by atoms with E-state index in [1.165, 1.54) is 11.8 Å². The van der Waals surface area contributed by atoms with Crippen LogP contribution in [0.25, 0.3) is 0 Å². The topological polar surface area (TPSA) is 76.1 Å². The molecule has 0 spiro atoms. The molecule has 0 aliphatic rings. The summed E-state index contributed by atoms with van der Waals surface area (Å²) in [5.41, 5.74) is -1.67. The molecule has 0 heterocycles. The summed E-state index contributed by atoms with van der Waals surface area (Å²) in [6.45, 7) is 23.2. The lowest BCUT2D eigenvalue weighted by molar-refractivity contribution is -0.166. The molecule has 6 nitrogen and oxygen atoms in total. The number of carbonyl (C=O) groups excluding carboxylic acids is 1. The molecule has 172 valence electrons. The van der Waals surface area contributed by atoms with Crippen LogP contribution in [0.4, 0.5) is 0 Å². The monoisotopic (exact) mass is 447 g/mol. The van der Waals surface area contributed by atoms with Gasteiger partial charge in [-0.05, 0) is 49.6 Å². The van der Waals surface area contributed by atoms with E-state index in [0.717, 1.165) is 0 Å². The van der Waals surface area contributed by atoms with Gasteiger partial charge in [-0.1, -0.05) is 41.5 Å². The molecule has 0 saturated heterocycles. The summed E-state index contributed by atoms with van der Waals surface area (Å²) in [6, 6.07) is 0. The molecule has 0 bridgehead atoms. The standard InChI is InChI=1S/C21H45NO5Si2/c1-19(2,3)28(10,11)26-15-14-16(27-29(12,13)20(4,5)6)21(7,18(24)25)17(23)22(8)9/h16H,14-15H2,1-13H3,(H,24,25)/t16-,21?/m0/s1. The predicted octanol–water partition coefficient (Wildman–Crippen LogP) is 4.97. The minimum atomic E-state index is -2.32. The van der Waals surface area contributed by atoms with E-state index >= 15 is 0 Å². The van der Waals surface area contributed by atoms with Gasteiger partial charge in [-0.2, -0.15) is 0 Å². The molecule has 0 fully saturated rings. The number of amides is 1. The fourth-order valence-corrected chi connectivity index (χ4v) is 4.95. The summed E-state index contributed by atoms with van der Waals surface area (Å²) in [4.78, 5) is 26.6. The van der Waals surface area contributed by atoms with Gasteiger partial charge >= 0.3 is 5.97 Å². The number of aliphatic carboxylic acids is 1. The van der Waals surface area contributed by atoms with Crippen LogP contribution in [-0.4, -0.2) is 65.3 Å². The maximum Gasteiger partial charge on any atom is 0.321 e. The van der Waals surface area contributed by atoms with Gasteiger partial charge in [0.1, 0.15) is 0 Å². The summed E-state index contributed by atoms with van der Waals surface area (Å²) in [7, 11) is -1.14. The van der Waals surface area contributed by atoms with Crippen LogP contribution in [0.5, 0.6) is 0 Å². The smallest absolute Gasteiger partial charge is 0.321 e. The Bertz CT molecular complexity index is 591. The Morgan fingerprint density at radius 1 is 0.897 bits per heavy atom. The number of hydrogen-bond acceptors (Lipinski definition) is 4. The molecule has 0 rings (SSSR count). The molecule has 0 aromatic heterocycles. The molecular weight excluding hydrogens is 402 g/mol. The molecule has 0 aliphatic carbocycles. The SMILES string of the molecule is CN(C)C(=O)C(C)(C(=O)O)[C@H](CCO[Si](C)(C)C(C)(C)C)O[Si](C)(C)C(C)(C)C. The average Bonchev–Trinajstić information content (AvgIpc) is 2.49. The van der Waals surface area contributed by atoms with E-state index < -0.39 is 40.0 Å². The number of carboxylic acids is 1. The van der Waals surface area contributed by atoms with Gasteiger partial charge in [0.15, 0.2) is 22.0 Å². The Kier molecular flexibility index (Phi) is 8.97. The van der Waals surface area contributed by atoms with Crippen LogP contribution in [0.15, 0.2) is 0 Å². The second-order valence-electron chi connectivity index (χ2n) is 11.5. The number of hydrogen-bond donors (Lipinski definition) is 1. The van der Waals surface area contributed by atoms with Crippen molar-refractivity contribution in [2.24, 2.45) is 5.41 Å². The lowest BCUT2D eigenvalue weighted by Crippen LogP contribution is -2.57. The van der Waals surface area contributed by atoms with E-state index in [2.05, 4.69) is 67.7 Å². The third-order valence-corrected chi connectivity index (χ3v) is 15.9. The van der Waals surface area contributed by atoms with Gasteiger partial charge in [0.05, 0.1) is 6.10 Å². The van der Waals surface area contributed by atoms with Crippen LogP contribution in [0.3, 0.4) is 0 Å². The lowest BCUT2D eigenvalue weighted by Gasteiger charge is -2.44. The predicted molar refractivity (Wildman–Crippen MR) is 124 cm³/mol. The zero-order valence-electron chi connectivity index (χ0n) is 21.0. The van der Waals surface area contributed by atoms with Gasteiger partial charge in [0.25, 0.3) is 0 Å². The van der Waals surface area contributed by atoms with Crippen molar-refractivity contribution in [3.8, 4) is 0 Å². The quantitative estimate of drug-likeness (QED) is 0.399. The molecule has 1 unspecified atom stereocenters. The minimum absolute atomic E-state index is 0.0539. The second-order valence-corrected chi connectivity index (χ2v) is 21.0. The van der Waals surface area contributed by atoms with Crippen LogP contribution in [0.2, 0.25) is 36.3 Å². The summed E-state index contributed by atoms with van der Waals surface area (Å²) in [6.07, 6.45) is -0.401. The Hall–Kier alpha value is -0.706. The van der Waals surface area contributed by atoms with Crippen molar-refractivity contribution in [2.45, 2.75) is 97.3 Å². The first-order valence-corrected chi connectivity index (χ1v) is 16.2. The first-order valence-electron chi connectivity index (χ1n) is 10.4. The molecule has 29 heavy (non-hydrogen) atoms. The second kappa shape index (κ2) is 9.20. The Morgan fingerprint density at radius 2 is 1.31 bits per heavy atom. The van der Waals surface area contributed by atoms with Gasteiger partial charge in [0.2, 0.25) is 5.91 Å². The van der Waals surface area contributed by atoms with Gasteiger partial charge in [-0.25, -0.2) is 0 Å². The van der Waals surface area contributed by atoms with Crippen LogP contribution >= 0.6 is 0 Å². The van der Waals surface area contributed by atoms with E-state index in [0.29, 0.717) is 13.0 Å². The summed E-state index contributed by atoms with van der Waals surface area (Å²) >= 11 is 0. The zero-order valence-corrected chi connectivity index (χ0v) is 23.0. The highest BCUT2D eigenvalue weighted by Gasteiger charge is 2.53. The van der Waals surface area contributed by atoms with Crippen molar-refractivity contribution in [1.29, 1.82) is 0 Å². The Balaban J connectivity index is 5.96. The van der Waals surface area contributed by atoms with E-state index in [-0.39, 0.29) is 10.1 Å². The van der Waals surface area contributed by atoms with Crippen molar-refractivity contribution >= 4 is 28.5 Å². The van der Waals surface area contributed by atoms with E-state index in [4.69, 9.17) is 8.85 Å². The van der Waals surface area contributed by atoms with Crippen LogP contribution < -0.4 is 0 Å². The highest BCUT2D eigenvalue weighted by Crippen LogP contribution is 2.42. The van der Waals surface area contributed by atoms with Gasteiger partial charge < -0.3 is 18.9 Å². The van der Waals surface area contributed by atoms with Gasteiger partial charge in [0, 0.05) is 20.7 Å². The average molecular weight is 448 g/mol. The molecular formula is C21H45NO5Si2. The number of nitrogens with zero attached hydrogens (tertiary/aromatic N) is 1. The Labute approximate surface area is 180 Å². The lowest BCUT2D eigenvalue weighted by atomic mass is 9.81. The first-order chi connectivity index (χ1) is 12.6. The fourth-order valence-electron chi connectivity index (χ4n) is 2.47. The van der Waals surface area contributed by atoms with E-state index in [1.54, 1.807) is 14.1 Å². The number of carboxylic acid groups (broad SMARTS) is 1. The van der Waals surface area contributed by atoms with Crippen LogP contribution in [-0.2, 0) is 18.4 Å². The molecule has 1 amide bonds. The van der Waals surface area contributed by atoms with Crippen LogP contribution in [0.1, 0.15) is 54.9 Å². The highest BCUT2D eigenvalue weighted by atomic mass is 28.4. The molecule has 0 aromatic carbocycles. The van der Waals surface area contributed by atoms with Crippen molar-refractivity contribution in [3.05, 3.63) is 0 Å². The Morgan fingerprint density at radius 3 is 1.62 bits per heavy atom. The van der Waals surface area contributed by atoms with Gasteiger partial charge in [-0.15, -0.1) is 0 Å². The third kappa shape index (κ3) is 6.64. The zero-order chi connectivity index (χ0) is 23.6. The van der Waals surface area contributed by atoms with Crippen LogP contribution in [0, 0.1) is 5.41 Å². The molecule has 0 saturated carbocycles. The van der Waals surface area contributed by atoms with E-state index in [9.17, 15) is 14.7 Å². The van der Waals surface area contributed by atoms with Gasteiger partial charge in [-0.3, -0.25) is 9.59 Å². The third-order valence-electron chi connectivity index (χ3n) is 6.83. The highest BCUT2D eigenvalue weighted by molar-refractivity contribution is 6.74. The minimum Gasteiger partial charge on any atom is -0.480 e. The summed E-state index contributed by atoms with van der Waals surface area (Å²) < 4.78 is 12.8. The first kappa shape index (κ1) is 28.3. The molecule has 1 N–H and O–H groups in total. The fraction of sp³-hybridized carbons (Fsp3) is 0.905. The summed E-state index contributed by atoms with van der Waals surface area (Å²) in [5, 5.41) is 10.0. The van der Waals surface area contributed by atoms with E-state index in [1.807, 2.05) is 0 Å². The van der Waals surface area contributed by atoms with Crippen molar-refractivity contribution in [1.82, 2.24) is 4.90 Å². The van der Waals surface area contributed by atoms with Crippen molar-refractivity contribution < 1.29 is 23.5 Å². The maximum absolute atomic E-state index is 13.0. The maximum atomic E-state index is 13.0. The summed E-state index contributed by atoms with van der Waals surface area (Å²) in [5.74, 6) is -1.62. The van der Waals surface area contributed by atoms with Crippen molar-refractivity contribution in [2.75, 3.05) is 20.7 Å². The molecule has 8 heteroatoms. The molecule has 0 radical (unpaired) electrons. The molecule has 0 aliphatic heterocycles. The number of carbonyl (C=O) groups is 2. The molecule has 0 aromatic rings. The largest absolute Gasteiger partial charge is 0.480 e. The normalized spacial score (nSPS) is 16.9. The number of rotatable bonds is 9.